The van der Waals surface area contributed by atoms with Gasteiger partial charge in [0, 0.05) is 25.7 Å². The second-order valence-corrected chi connectivity index (χ2v) is 8.62. The van der Waals surface area contributed by atoms with Gasteiger partial charge in [0.15, 0.2) is 11.0 Å². The van der Waals surface area contributed by atoms with Crippen LogP contribution in [0.1, 0.15) is 20.8 Å². The molecule has 0 aliphatic heterocycles. The van der Waals surface area contributed by atoms with Crippen molar-refractivity contribution in [2.24, 2.45) is 7.05 Å². The molecule has 1 unspecified atom stereocenters. The summed E-state index contributed by atoms with van der Waals surface area (Å²) in [5.41, 5.74) is 0.666. The van der Waals surface area contributed by atoms with E-state index in [1.165, 1.54) is 16.1 Å². The third-order valence-electron chi connectivity index (χ3n) is 3.73. The fourth-order valence-corrected chi connectivity index (χ4v) is 4.57. The van der Waals surface area contributed by atoms with Gasteiger partial charge in [-0.15, -0.1) is 10.2 Å². The zero-order valence-corrected chi connectivity index (χ0v) is 16.3. The number of rotatable bonds is 7. The van der Waals surface area contributed by atoms with Crippen LogP contribution in [0, 0.1) is 11.3 Å². The quantitative estimate of drug-likeness (QED) is 0.687. The maximum Gasteiger partial charge on any atom is 0.243 e. The first-order valence-electron chi connectivity index (χ1n) is 7.91. The van der Waals surface area contributed by atoms with Gasteiger partial charge in [0.2, 0.25) is 10.0 Å². The van der Waals surface area contributed by atoms with E-state index in [1.807, 2.05) is 13.8 Å². The second-order valence-electron chi connectivity index (χ2n) is 5.37. The summed E-state index contributed by atoms with van der Waals surface area (Å²) >= 11 is 1.31. The van der Waals surface area contributed by atoms with Gasteiger partial charge in [0.05, 0.1) is 16.2 Å². The molecule has 0 amide bonds. The average molecular weight is 380 g/mol. The summed E-state index contributed by atoms with van der Waals surface area (Å²) in [5.74, 6) is 0.559. The fraction of sp³-hybridized carbons (Fsp3) is 0.438. The van der Waals surface area contributed by atoms with Crippen molar-refractivity contribution >= 4 is 21.8 Å². The third-order valence-corrected chi connectivity index (χ3v) is 6.81. The van der Waals surface area contributed by atoms with E-state index in [0.29, 0.717) is 29.6 Å². The number of hydrogen-bond donors (Lipinski definition) is 0. The molecule has 1 aromatic carbocycles. The minimum Gasteiger partial charge on any atom is -0.305 e. The number of benzene rings is 1. The molecule has 7 nitrogen and oxygen atoms in total. The van der Waals surface area contributed by atoms with Crippen molar-refractivity contribution in [3.63, 3.8) is 0 Å². The lowest BCUT2D eigenvalue weighted by Crippen LogP contribution is -2.30. The monoisotopic (exact) mass is 379 g/mol. The summed E-state index contributed by atoms with van der Waals surface area (Å²) in [6.07, 6.45) is 0. The summed E-state index contributed by atoms with van der Waals surface area (Å²) in [6.45, 7) is 6.25. The van der Waals surface area contributed by atoms with E-state index < -0.39 is 10.0 Å². The second kappa shape index (κ2) is 7.99. The van der Waals surface area contributed by atoms with Crippen molar-refractivity contribution in [2.75, 3.05) is 13.1 Å². The van der Waals surface area contributed by atoms with Crippen LogP contribution in [0.15, 0.2) is 34.3 Å². The molecule has 0 spiro atoms. The maximum absolute atomic E-state index is 12.7. The van der Waals surface area contributed by atoms with Crippen LogP contribution >= 0.6 is 11.8 Å². The molecule has 25 heavy (non-hydrogen) atoms. The lowest BCUT2D eigenvalue weighted by Gasteiger charge is -2.18. The first-order chi connectivity index (χ1) is 11.8. The van der Waals surface area contributed by atoms with Crippen molar-refractivity contribution in [3.8, 4) is 17.5 Å². The number of aromatic nitrogens is 3. The standard InChI is InChI=1S/C16H21N5O2S2/c1-5-21(6-2)25(22,23)14-9-7-8-13(10-14)15-18-19-16(20(15)4)24-12(3)11-17/h7-10,12H,5-6H2,1-4H3. The van der Waals surface area contributed by atoms with Crippen molar-refractivity contribution < 1.29 is 8.42 Å². The van der Waals surface area contributed by atoms with Gasteiger partial charge in [-0.05, 0) is 19.1 Å². The van der Waals surface area contributed by atoms with E-state index >= 15 is 0 Å². The van der Waals surface area contributed by atoms with Gasteiger partial charge in [-0.3, -0.25) is 0 Å². The lowest BCUT2D eigenvalue weighted by atomic mass is 10.2. The number of sulfonamides is 1. The summed E-state index contributed by atoms with van der Waals surface area (Å²) < 4.78 is 28.6. The minimum absolute atomic E-state index is 0.233. The number of thioether (sulfide) groups is 1. The van der Waals surface area contributed by atoms with Crippen molar-refractivity contribution in [1.82, 2.24) is 19.1 Å². The van der Waals surface area contributed by atoms with Crippen LogP contribution in [-0.4, -0.2) is 45.8 Å². The molecule has 0 N–H and O–H groups in total. The van der Waals surface area contributed by atoms with E-state index in [0.717, 1.165) is 0 Å². The molecule has 1 atom stereocenters. The Morgan fingerprint density at radius 2 is 2.00 bits per heavy atom. The molecule has 2 rings (SSSR count). The summed E-state index contributed by atoms with van der Waals surface area (Å²) in [6, 6.07) is 8.83. The van der Waals surface area contributed by atoms with Gasteiger partial charge in [-0.1, -0.05) is 37.7 Å². The molecule has 0 saturated heterocycles. The zero-order chi connectivity index (χ0) is 18.6. The molecule has 0 radical (unpaired) electrons. The van der Waals surface area contributed by atoms with E-state index in [1.54, 1.807) is 42.8 Å². The Kier molecular flexibility index (Phi) is 6.21. The molecule has 9 heteroatoms. The molecular formula is C16H21N5O2S2. The zero-order valence-electron chi connectivity index (χ0n) is 14.7. The van der Waals surface area contributed by atoms with E-state index in [4.69, 9.17) is 5.26 Å². The largest absolute Gasteiger partial charge is 0.305 e. The van der Waals surface area contributed by atoms with Gasteiger partial charge < -0.3 is 4.57 Å². The predicted molar refractivity (Wildman–Crippen MR) is 97.5 cm³/mol. The Labute approximate surface area is 152 Å². The Bertz CT molecular complexity index is 882. The van der Waals surface area contributed by atoms with Crippen molar-refractivity contribution in [3.05, 3.63) is 24.3 Å². The lowest BCUT2D eigenvalue weighted by molar-refractivity contribution is 0.445. The molecule has 0 bridgehead atoms. The van der Waals surface area contributed by atoms with Crippen molar-refractivity contribution in [2.45, 2.75) is 36.1 Å². The van der Waals surface area contributed by atoms with Gasteiger partial charge >= 0.3 is 0 Å². The summed E-state index contributed by atoms with van der Waals surface area (Å²) in [5, 5.41) is 17.6. The predicted octanol–water partition coefficient (Wildman–Crippen LogP) is 2.52. The van der Waals surface area contributed by atoms with Crippen LogP contribution in [-0.2, 0) is 17.1 Å². The number of hydrogen-bond acceptors (Lipinski definition) is 6. The molecule has 1 aromatic heterocycles. The fourth-order valence-electron chi connectivity index (χ4n) is 2.36. The highest BCUT2D eigenvalue weighted by Gasteiger charge is 2.23. The highest BCUT2D eigenvalue weighted by atomic mass is 32.2. The molecule has 0 aliphatic rings. The van der Waals surface area contributed by atoms with Gasteiger partial charge in [0.25, 0.3) is 0 Å². The Balaban J connectivity index is 2.42. The smallest absolute Gasteiger partial charge is 0.243 e. The van der Waals surface area contributed by atoms with Crippen LogP contribution in [0.2, 0.25) is 0 Å². The summed E-state index contributed by atoms with van der Waals surface area (Å²) in [7, 11) is -1.73. The van der Waals surface area contributed by atoms with Crippen LogP contribution in [0.3, 0.4) is 0 Å². The molecule has 2 aromatic rings. The van der Waals surface area contributed by atoms with Gasteiger partial charge in [-0.25, -0.2) is 8.42 Å². The highest BCUT2D eigenvalue weighted by Crippen LogP contribution is 2.27. The Hall–Kier alpha value is -1.89. The first-order valence-corrected chi connectivity index (χ1v) is 10.2. The van der Waals surface area contributed by atoms with Gasteiger partial charge in [-0.2, -0.15) is 9.57 Å². The highest BCUT2D eigenvalue weighted by molar-refractivity contribution is 8.00. The van der Waals surface area contributed by atoms with Crippen LogP contribution in [0.25, 0.3) is 11.4 Å². The SMILES string of the molecule is CCN(CC)S(=O)(=O)c1cccc(-c2nnc(SC(C)C#N)n2C)c1. The Morgan fingerprint density at radius 1 is 1.32 bits per heavy atom. The topological polar surface area (TPSA) is 91.9 Å². The van der Waals surface area contributed by atoms with Gasteiger partial charge in [0.1, 0.15) is 0 Å². The number of nitriles is 1. The minimum atomic E-state index is -3.53. The molecule has 0 saturated carbocycles. The van der Waals surface area contributed by atoms with Crippen LogP contribution in [0.4, 0.5) is 0 Å². The van der Waals surface area contributed by atoms with Crippen molar-refractivity contribution in [1.29, 1.82) is 5.26 Å². The van der Waals surface area contributed by atoms with E-state index in [2.05, 4.69) is 16.3 Å². The van der Waals surface area contributed by atoms with E-state index in [9.17, 15) is 8.42 Å². The van der Waals surface area contributed by atoms with E-state index in [-0.39, 0.29) is 10.1 Å². The maximum atomic E-state index is 12.7. The average Bonchev–Trinajstić information content (AvgIpc) is 2.96. The molecule has 1 heterocycles. The Morgan fingerprint density at radius 3 is 2.60 bits per heavy atom. The summed E-state index contributed by atoms with van der Waals surface area (Å²) in [4.78, 5) is 0.233. The first kappa shape index (κ1) is 19.4. The molecule has 134 valence electrons. The third kappa shape index (κ3) is 4.03. The number of nitrogens with zero attached hydrogens (tertiary/aromatic N) is 5. The molecule has 0 aliphatic carbocycles. The van der Waals surface area contributed by atoms with Crippen LogP contribution in [0.5, 0.6) is 0 Å². The molecular weight excluding hydrogens is 358 g/mol. The van der Waals surface area contributed by atoms with Crippen LogP contribution < -0.4 is 0 Å². The normalized spacial score (nSPS) is 13.0. The molecule has 0 fully saturated rings.